The summed E-state index contributed by atoms with van der Waals surface area (Å²) in [6.07, 6.45) is -9.92. The first-order valence-electron chi connectivity index (χ1n) is 15.0. The third kappa shape index (κ3) is 7.10. The molecule has 1 amide bonds. The molecule has 49 heavy (non-hydrogen) atoms. The van der Waals surface area contributed by atoms with Gasteiger partial charge in [0.25, 0.3) is 5.56 Å². The molecule has 0 bridgehead atoms. The Hall–Kier alpha value is -4.96. The maximum absolute atomic E-state index is 13.1. The van der Waals surface area contributed by atoms with Crippen LogP contribution >= 0.6 is 0 Å². The molecule has 1 aliphatic heterocycles. The van der Waals surface area contributed by atoms with Crippen molar-refractivity contribution in [3.63, 3.8) is 0 Å². The molecule has 1 aliphatic rings. The van der Waals surface area contributed by atoms with Crippen molar-refractivity contribution in [1.29, 1.82) is 0 Å². The smallest absolute Gasteiger partial charge is 0.471 e. The van der Waals surface area contributed by atoms with Gasteiger partial charge in [-0.1, -0.05) is 54.6 Å². The molecule has 1 saturated heterocycles. The van der Waals surface area contributed by atoms with Crippen LogP contribution in [-0.4, -0.2) is 77.0 Å². The summed E-state index contributed by atoms with van der Waals surface area (Å²) < 4.78 is 63.8. The summed E-state index contributed by atoms with van der Waals surface area (Å²) in [5.41, 5.74) is -3.45. The van der Waals surface area contributed by atoms with Crippen LogP contribution in [0, 0.1) is 0 Å². The van der Waals surface area contributed by atoms with E-state index in [-0.39, 0.29) is 0 Å². The van der Waals surface area contributed by atoms with Gasteiger partial charge in [-0.05, 0) is 47.4 Å². The molecule has 12 nitrogen and oxygen atoms in total. The summed E-state index contributed by atoms with van der Waals surface area (Å²) >= 11 is 0. The maximum atomic E-state index is 13.1. The zero-order valence-electron chi connectivity index (χ0n) is 26.3. The van der Waals surface area contributed by atoms with E-state index >= 15 is 0 Å². The lowest BCUT2D eigenvalue weighted by Crippen LogP contribution is -2.51. The molecule has 4 aromatic rings. The first kappa shape index (κ1) is 35.3. The van der Waals surface area contributed by atoms with Crippen molar-refractivity contribution >= 4 is 5.91 Å². The number of methoxy groups -OCH3 is 2. The van der Waals surface area contributed by atoms with Gasteiger partial charge in [-0.15, -0.1) is 0 Å². The number of aromatic nitrogens is 2. The van der Waals surface area contributed by atoms with Crippen molar-refractivity contribution in [2.75, 3.05) is 27.4 Å². The number of H-pyrrole nitrogens is 1. The van der Waals surface area contributed by atoms with Gasteiger partial charge in [0.15, 0.2) is 6.23 Å². The minimum atomic E-state index is -5.19. The number of hydrogen-bond donors (Lipinski definition) is 4. The highest BCUT2D eigenvalue weighted by Gasteiger charge is 2.56. The number of carbonyl (C=O) groups is 1. The highest BCUT2D eigenvalue weighted by Crippen LogP contribution is 2.45. The summed E-state index contributed by atoms with van der Waals surface area (Å²) in [5.74, 6) is -1.13. The third-order valence-corrected chi connectivity index (χ3v) is 8.43. The number of nitrogens with one attached hydrogen (secondary N) is 2. The number of nitrogens with zero attached hydrogens (tertiary/aromatic N) is 1. The van der Waals surface area contributed by atoms with E-state index in [1.807, 2.05) is 4.98 Å². The van der Waals surface area contributed by atoms with Crippen molar-refractivity contribution in [3.8, 4) is 11.5 Å². The number of aromatic amines is 1. The number of alkyl halides is 3. The molecule has 3 aromatic carbocycles. The van der Waals surface area contributed by atoms with Crippen LogP contribution in [0.1, 0.15) is 29.3 Å². The van der Waals surface area contributed by atoms with E-state index in [1.54, 1.807) is 84.2 Å². The fourth-order valence-electron chi connectivity index (χ4n) is 5.89. The minimum absolute atomic E-state index is 0.502. The Morgan fingerprint density at radius 3 is 1.96 bits per heavy atom. The van der Waals surface area contributed by atoms with E-state index in [0.29, 0.717) is 28.2 Å². The second-order valence-corrected chi connectivity index (χ2v) is 11.3. The van der Waals surface area contributed by atoms with E-state index in [4.69, 9.17) is 18.9 Å². The van der Waals surface area contributed by atoms with Gasteiger partial charge in [-0.25, -0.2) is 4.79 Å². The Morgan fingerprint density at radius 1 is 0.898 bits per heavy atom. The van der Waals surface area contributed by atoms with E-state index < -0.39 is 72.5 Å². The van der Waals surface area contributed by atoms with Gasteiger partial charge in [0.1, 0.15) is 34.9 Å². The van der Waals surface area contributed by atoms with Crippen LogP contribution in [0.2, 0.25) is 0 Å². The fraction of sp³-hybridized carbons (Fsp3) is 0.324. The minimum Gasteiger partial charge on any atom is -0.497 e. The lowest BCUT2D eigenvalue weighted by molar-refractivity contribution is -0.176. The first-order chi connectivity index (χ1) is 23.3. The summed E-state index contributed by atoms with van der Waals surface area (Å²) in [6, 6.07) is 23.9. The monoisotopic (exact) mass is 685 g/mol. The van der Waals surface area contributed by atoms with E-state index in [9.17, 15) is 37.8 Å². The SMILES string of the molecule is COc1ccc(C(OC[C@@]2(CCNC(=O)C(F)(F)F)O[C@@H](n3ccc(=O)[nH]c3=O)[C@H](O)[C@@H]2O)(c2ccccc2)c2ccc(OC)cc2)cc1. The van der Waals surface area contributed by atoms with Gasteiger partial charge < -0.3 is 34.5 Å². The molecule has 0 spiro atoms. The van der Waals surface area contributed by atoms with Crippen LogP contribution < -0.4 is 26.0 Å². The molecule has 0 unspecified atom stereocenters. The lowest BCUT2D eigenvalue weighted by atomic mass is 9.79. The van der Waals surface area contributed by atoms with Gasteiger partial charge in [-0.2, -0.15) is 13.2 Å². The van der Waals surface area contributed by atoms with Gasteiger partial charge in [0, 0.05) is 18.8 Å². The maximum Gasteiger partial charge on any atom is 0.471 e. The predicted octanol–water partition coefficient (Wildman–Crippen LogP) is 2.62. The Bertz CT molecular complexity index is 1800. The number of carbonyl (C=O) groups excluding carboxylic acids is 1. The molecular formula is C34H34F3N3O9. The average molecular weight is 686 g/mol. The van der Waals surface area contributed by atoms with Crippen LogP contribution in [0.4, 0.5) is 13.2 Å². The molecule has 15 heteroatoms. The number of rotatable bonds is 12. The third-order valence-electron chi connectivity index (χ3n) is 8.43. The first-order valence-corrected chi connectivity index (χ1v) is 15.0. The summed E-state index contributed by atoms with van der Waals surface area (Å²) in [6.45, 7) is -1.25. The van der Waals surface area contributed by atoms with E-state index in [0.717, 1.165) is 16.8 Å². The van der Waals surface area contributed by atoms with Crippen molar-refractivity contribution in [2.45, 2.75) is 42.2 Å². The molecule has 0 aliphatic carbocycles. The van der Waals surface area contributed by atoms with Crippen LogP contribution in [-0.2, 0) is 19.9 Å². The number of aliphatic hydroxyl groups excluding tert-OH is 2. The van der Waals surface area contributed by atoms with E-state index in [2.05, 4.69) is 0 Å². The topological polar surface area (TPSA) is 161 Å². The number of hydrogen-bond acceptors (Lipinski definition) is 9. The zero-order valence-corrected chi connectivity index (χ0v) is 26.3. The number of ether oxygens (including phenoxy) is 4. The molecule has 1 aromatic heterocycles. The van der Waals surface area contributed by atoms with Gasteiger partial charge in [0.2, 0.25) is 0 Å². The molecule has 4 atom stereocenters. The van der Waals surface area contributed by atoms with Crippen molar-refractivity contribution in [1.82, 2.24) is 14.9 Å². The lowest BCUT2D eigenvalue weighted by Gasteiger charge is -2.40. The number of halogens is 3. The highest BCUT2D eigenvalue weighted by molar-refractivity contribution is 5.81. The second-order valence-electron chi connectivity index (χ2n) is 11.3. The van der Waals surface area contributed by atoms with Gasteiger partial charge >= 0.3 is 17.8 Å². The Balaban J connectivity index is 1.64. The zero-order chi connectivity index (χ0) is 35.4. The number of amides is 1. The summed E-state index contributed by atoms with van der Waals surface area (Å²) in [5, 5.41) is 24.5. The number of benzene rings is 3. The normalized spacial score (nSPS) is 20.9. The molecule has 4 N–H and O–H groups in total. The molecule has 260 valence electrons. The highest BCUT2D eigenvalue weighted by atomic mass is 19.4. The average Bonchev–Trinajstić information content (AvgIpc) is 3.34. The van der Waals surface area contributed by atoms with Crippen LogP contribution in [0.5, 0.6) is 11.5 Å². The van der Waals surface area contributed by atoms with Crippen LogP contribution in [0.3, 0.4) is 0 Å². The Morgan fingerprint density at radius 2 is 1.45 bits per heavy atom. The molecule has 0 saturated carbocycles. The molecule has 1 fully saturated rings. The quantitative estimate of drug-likeness (QED) is 0.164. The van der Waals surface area contributed by atoms with Crippen molar-refractivity contribution in [2.24, 2.45) is 0 Å². The van der Waals surface area contributed by atoms with Gasteiger partial charge in [-0.3, -0.25) is 19.1 Å². The number of aliphatic hydroxyl groups is 2. The Kier molecular flexibility index (Phi) is 10.3. The van der Waals surface area contributed by atoms with Crippen molar-refractivity contribution in [3.05, 3.63) is 129 Å². The summed E-state index contributed by atoms with van der Waals surface area (Å²) in [4.78, 5) is 38.2. The van der Waals surface area contributed by atoms with Gasteiger partial charge in [0.05, 0.1) is 20.8 Å². The molecular weight excluding hydrogens is 651 g/mol. The van der Waals surface area contributed by atoms with Crippen LogP contribution in [0.25, 0.3) is 0 Å². The van der Waals surface area contributed by atoms with Crippen LogP contribution in [0.15, 0.2) is 101 Å². The summed E-state index contributed by atoms with van der Waals surface area (Å²) in [7, 11) is 3.02. The van der Waals surface area contributed by atoms with E-state index in [1.165, 1.54) is 14.2 Å². The Labute approximate surface area is 277 Å². The second kappa shape index (κ2) is 14.3. The fourth-order valence-corrected chi connectivity index (χ4v) is 5.89. The molecule has 5 rings (SSSR count). The molecule has 0 radical (unpaired) electrons. The molecule has 2 heterocycles. The predicted molar refractivity (Wildman–Crippen MR) is 168 cm³/mol. The largest absolute Gasteiger partial charge is 0.497 e. The van der Waals surface area contributed by atoms with Crippen molar-refractivity contribution < 1.29 is 47.1 Å². The standard InChI is InChI=1S/C34H34F3N3O9/c1-46-24-12-8-22(9-13-24)33(21-6-4-3-5-7-21,23-10-14-25(47-2)15-11-23)48-20-32(17-18-38-30(44)34(35,36)37)28(43)27(42)29(49-32)40-19-16-26(41)39-31(40)45/h3-16,19,27-29,42-43H,17-18,20H2,1-2H3,(H,38,44)(H,39,41,45)/t27-,28+,29-,32-/m1/s1.